The quantitative estimate of drug-likeness (QED) is 0.493. The van der Waals surface area contributed by atoms with E-state index in [0.717, 1.165) is 0 Å². The number of rotatable bonds is 5. The molecule has 1 aromatic carbocycles. The first-order valence-electron chi connectivity index (χ1n) is 5.56. The molecule has 0 bridgehead atoms. The third-order valence-electron chi connectivity index (χ3n) is 2.24. The maximum atomic E-state index is 11.7. The summed E-state index contributed by atoms with van der Waals surface area (Å²) < 4.78 is 4.81. The maximum absolute atomic E-state index is 11.7. The van der Waals surface area contributed by atoms with Crippen molar-refractivity contribution in [1.29, 1.82) is 0 Å². The zero-order valence-electron chi connectivity index (χ0n) is 10.5. The number of carbonyl (C=O) groups is 1. The van der Waals surface area contributed by atoms with Gasteiger partial charge in [-0.3, -0.25) is 15.1 Å². The Labute approximate surface area is 121 Å². The lowest BCUT2D eigenvalue weighted by Crippen LogP contribution is -2.38. The summed E-state index contributed by atoms with van der Waals surface area (Å²) >= 11 is 11.9. The second-order valence-electron chi connectivity index (χ2n) is 3.68. The van der Waals surface area contributed by atoms with Crippen LogP contribution in [0, 0.1) is 0 Å². The Kier molecular flexibility index (Phi) is 6.62. The Morgan fingerprint density at radius 1 is 1.42 bits per heavy atom. The van der Waals surface area contributed by atoms with Crippen LogP contribution in [0.4, 0.5) is 0 Å². The minimum atomic E-state index is -0.325. The van der Waals surface area contributed by atoms with Crippen LogP contribution >= 0.6 is 23.2 Å². The summed E-state index contributed by atoms with van der Waals surface area (Å²) in [5.74, 6) is -0.279. The number of nitrogens with two attached hydrogens (primary N) is 1. The summed E-state index contributed by atoms with van der Waals surface area (Å²) in [5.41, 5.74) is 6.10. The molecule has 0 aromatic heterocycles. The highest BCUT2D eigenvalue weighted by atomic mass is 35.5. The molecule has 5 nitrogen and oxygen atoms in total. The fourth-order valence-corrected chi connectivity index (χ4v) is 1.88. The molecule has 0 fully saturated rings. The van der Waals surface area contributed by atoms with Gasteiger partial charge in [0.05, 0.1) is 19.6 Å². The van der Waals surface area contributed by atoms with Crippen molar-refractivity contribution in [3.63, 3.8) is 0 Å². The Bertz CT molecular complexity index is 458. The number of methoxy groups -OCH3 is 1. The molecular weight excluding hydrogens is 289 g/mol. The summed E-state index contributed by atoms with van der Waals surface area (Å²) in [4.78, 5) is 15.7. The van der Waals surface area contributed by atoms with E-state index in [1.54, 1.807) is 25.3 Å². The Balaban J connectivity index is 2.58. The van der Waals surface area contributed by atoms with E-state index >= 15 is 0 Å². The van der Waals surface area contributed by atoms with E-state index in [-0.39, 0.29) is 18.3 Å². The molecule has 0 atom stereocenters. The van der Waals surface area contributed by atoms with E-state index in [1.165, 1.54) is 0 Å². The van der Waals surface area contributed by atoms with Crippen LogP contribution in [0.15, 0.2) is 23.2 Å². The summed E-state index contributed by atoms with van der Waals surface area (Å²) in [6, 6.07) is 5.06. The van der Waals surface area contributed by atoms with Gasteiger partial charge in [-0.1, -0.05) is 29.3 Å². The third-order valence-corrected chi connectivity index (χ3v) is 2.95. The second-order valence-corrected chi connectivity index (χ2v) is 4.50. The Morgan fingerprint density at radius 2 is 2.05 bits per heavy atom. The van der Waals surface area contributed by atoms with Gasteiger partial charge in [-0.2, -0.15) is 0 Å². The van der Waals surface area contributed by atoms with Crippen LogP contribution in [0.3, 0.4) is 0 Å². The number of halogens is 2. The summed E-state index contributed by atoms with van der Waals surface area (Å²) in [6.07, 6.45) is 0.0407. The zero-order valence-corrected chi connectivity index (χ0v) is 12.0. The van der Waals surface area contributed by atoms with Crippen LogP contribution in [0.1, 0.15) is 5.56 Å². The molecule has 1 aromatic rings. The molecule has 0 heterocycles. The number of aliphatic imine (C=N–C) groups is 1. The number of guanidine groups is 1. The predicted molar refractivity (Wildman–Crippen MR) is 76.7 cm³/mol. The van der Waals surface area contributed by atoms with Crippen LogP contribution in [0.5, 0.6) is 0 Å². The molecule has 0 aliphatic rings. The average molecular weight is 304 g/mol. The van der Waals surface area contributed by atoms with Crippen molar-refractivity contribution in [3.05, 3.63) is 33.8 Å². The van der Waals surface area contributed by atoms with Gasteiger partial charge in [0.2, 0.25) is 5.91 Å². The zero-order chi connectivity index (χ0) is 14.3. The van der Waals surface area contributed by atoms with E-state index in [0.29, 0.717) is 28.8 Å². The van der Waals surface area contributed by atoms with Crippen molar-refractivity contribution in [1.82, 2.24) is 5.32 Å². The van der Waals surface area contributed by atoms with Crippen molar-refractivity contribution >= 4 is 35.1 Å². The lowest BCUT2D eigenvalue weighted by molar-refractivity contribution is -0.119. The molecule has 1 rings (SSSR count). The number of carbonyl (C=O) groups excluding carboxylic acids is 1. The van der Waals surface area contributed by atoms with Crippen molar-refractivity contribution in [3.8, 4) is 0 Å². The van der Waals surface area contributed by atoms with Gasteiger partial charge in [-0.15, -0.1) is 0 Å². The highest BCUT2D eigenvalue weighted by Crippen LogP contribution is 2.24. The minimum absolute atomic E-state index is 0.0407. The SMILES string of the molecule is COCCN=C(N)NC(=O)Cc1c(Cl)cccc1Cl. The van der Waals surface area contributed by atoms with Gasteiger partial charge in [0.25, 0.3) is 0 Å². The highest BCUT2D eigenvalue weighted by Gasteiger charge is 2.11. The molecule has 0 spiro atoms. The van der Waals surface area contributed by atoms with Crippen molar-refractivity contribution in [2.75, 3.05) is 20.3 Å². The lowest BCUT2D eigenvalue weighted by Gasteiger charge is -2.07. The van der Waals surface area contributed by atoms with Crippen LogP contribution in [-0.4, -0.2) is 32.1 Å². The monoisotopic (exact) mass is 303 g/mol. The molecule has 104 valence electrons. The first kappa shape index (κ1) is 15.8. The van der Waals surface area contributed by atoms with E-state index in [9.17, 15) is 4.79 Å². The normalized spacial score (nSPS) is 11.4. The van der Waals surface area contributed by atoms with E-state index in [4.69, 9.17) is 33.7 Å². The fraction of sp³-hybridized carbons (Fsp3) is 0.333. The number of nitrogens with zero attached hydrogens (tertiary/aromatic N) is 1. The molecule has 1 amide bonds. The maximum Gasteiger partial charge on any atom is 0.231 e. The van der Waals surface area contributed by atoms with Crippen LogP contribution in [0.25, 0.3) is 0 Å². The molecule has 19 heavy (non-hydrogen) atoms. The summed E-state index contributed by atoms with van der Waals surface area (Å²) in [7, 11) is 1.56. The number of hydrogen-bond acceptors (Lipinski definition) is 3. The molecule has 0 aliphatic carbocycles. The van der Waals surface area contributed by atoms with Crippen molar-refractivity contribution < 1.29 is 9.53 Å². The van der Waals surface area contributed by atoms with Gasteiger partial charge in [0, 0.05) is 17.2 Å². The third kappa shape index (κ3) is 5.46. The van der Waals surface area contributed by atoms with Crippen LogP contribution in [-0.2, 0) is 16.0 Å². The molecule has 0 unspecified atom stereocenters. The minimum Gasteiger partial charge on any atom is -0.383 e. The number of nitrogens with one attached hydrogen (secondary N) is 1. The van der Waals surface area contributed by atoms with Crippen molar-refractivity contribution in [2.45, 2.75) is 6.42 Å². The van der Waals surface area contributed by atoms with Gasteiger partial charge in [-0.25, -0.2) is 0 Å². The predicted octanol–water partition coefficient (Wildman–Crippen LogP) is 1.61. The van der Waals surface area contributed by atoms with E-state index in [2.05, 4.69) is 10.3 Å². The van der Waals surface area contributed by atoms with Crippen LogP contribution in [0.2, 0.25) is 10.0 Å². The number of amides is 1. The van der Waals surface area contributed by atoms with Gasteiger partial charge < -0.3 is 10.5 Å². The fourth-order valence-electron chi connectivity index (χ4n) is 1.35. The molecule has 0 saturated carbocycles. The molecule has 0 radical (unpaired) electrons. The standard InChI is InChI=1S/C12H15Cl2N3O2/c1-19-6-5-16-12(15)17-11(18)7-8-9(13)3-2-4-10(8)14/h2-4H,5-7H2,1H3,(H3,15,16,17,18). The second kappa shape index (κ2) is 7.99. The topological polar surface area (TPSA) is 76.7 Å². The molecule has 0 aliphatic heterocycles. The highest BCUT2D eigenvalue weighted by molar-refractivity contribution is 6.36. The average Bonchev–Trinajstić information content (AvgIpc) is 2.34. The first-order chi connectivity index (χ1) is 9.04. The largest absolute Gasteiger partial charge is 0.383 e. The van der Waals surface area contributed by atoms with Crippen molar-refractivity contribution in [2.24, 2.45) is 10.7 Å². The summed E-state index contributed by atoms with van der Waals surface area (Å²) in [5, 5.41) is 3.34. The Hall–Kier alpha value is -1.30. The van der Waals surface area contributed by atoms with Gasteiger partial charge >= 0.3 is 0 Å². The molecule has 7 heteroatoms. The molecule has 0 saturated heterocycles. The number of benzene rings is 1. The summed E-state index contributed by atoms with van der Waals surface area (Å²) in [6.45, 7) is 0.822. The van der Waals surface area contributed by atoms with Crippen LogP contribution < -0.4 is 11.1 Å². The number of hydrogen-bond donors (Lipinski definition) is 2. The van der Waals surface area contributed by atoms with E-state index in [1.807, 2.05) is 0 Å². The van der Waals surface area contributed by atoms with Gasteiger partial charge in [0.1, 0.15) is 0 Å². The van der Waals surface area contributed by atoms with Gasteiger partial charge in [-0.05, 0) is 17.7 Å². The lowest BCUT2D eigenvalue weighted by atomic mass is 10.1. The smallest absolute Gasteiger partial charge is 0.231 e. The first-order valence-corrected chi connectivity index (χ1v) is 6.31. The Morgan fingerprint density at radius 3 is 2.63 bits per heavy atom. The number of ether oxygens (including phenoxy) is 1. The van der Waals surface area contributed by atoms with Gasteiger partial charge in [0.15, 0.2) is 5.96 Å². The molecular formula is C12H15Cl2N3O2. The van der Waals surface area contributed by atoms with E-state index < -0.39 is 0 Å². The molecule has 3 N–H and O–H groups in total.